The second-order valence-corrected chi connectivity index (χ2v) is 5.99. The van der Waals surface area contributed by atoms with E-state index in [9.17, 15) is 5.11 Å². The number of aliphatic hydroxyl groups excluding tert-OH is 1. The first-order valence-corrected chi connectivity index (χ1v) is 8.47. The molecule has 0 bridgehead atoms. The van der Waals surface area contributed by atoms with Crippen LogP contribution in [-0.4, -0.2) is 42.5 Å². The van der Waals surface area contributed by atoms with E-state index in [0.717, 1.165) is 36.0 Å². The van der Waals surface area contributed by atoms with Crippen molar-refractivity contribution in [2.24, 2.45) is 0 Å². The third-order valence-electron chi connectivity index (χ3n) is 4.06. The van der Waals surface area contributed by atoms with Gasteiger partial charge in [0.1, 0.15) is 5.52 Å². The third-order valence-corrected chi connectivity index (χ3v) is 4.06. The molecule has 4 N–H and O–H groups in total. The van der Waals surface area contributed by atoms with Crippen LogP contribution >= 0.6 is 0 Å². The van der Waals surface area contributed by atoms with Gasteiger partial charge in [-0.05, 0) is 24.6 Å². The van der Waals surface area contributed by atoms with Crippen molar-refractivity contribution in [3.8, 4) is 0 Å². The predicted molar refractivity (Wildman–Crippen MR) is 97.1 cm³/mol. The van der Waals surface area contributed by atoms with Crippen LogP contribution in [-0.2, 0) is 6.54 Å². The number of fused-ring (bicyclic) bond motifs is 1. The molecule has 0 spiro atoms. The topological polar surface area (TPSA) is 115 Å². The number of unbranched alkanes of at least 4 members (excludes halogenated alkanes) is 1. The molecule has 0 saturated carbocycles. The molecule has 0 radical (unpaired) electrons. The number of nitrogens with two attached hydrogens (primary N) is 1. The number of hydrogen-bond acceptors (Lipinski definition) is 7. The van der Waals surface area contributed by atoms with Gasteiger partial charge in [0, 0.05) is 12.4 Å². The predicted octanol–water partition coefficient (Wildman–Crippen LogP) is 1.81. The molecule has 0 fully saturated rings. The minimum Gasteiger partial charge on any atom is -0.394 e. The van der Waals surface area contributed by atoms with E-state index in [2.05, 4.69) is 32.4 Å². The summed E-state index contributed by atoms with van der Waals surface area (Å²) in [6, 6.07) is 5.60. The fourth-order valence-electron chi connectivity index (χ4n) is 2.80. The Morgan fingerprint density at radius 3 is 2.92 bits per heavy atom. The maximum Gasteiger partial charge on any atom is 0.222 e. The summed E-state index contributed by atoms with van der Waals surface area (Å²) >= 11 is 0. The lowest BCUT2D eigenvalue weighted by molar-refractivity contribution is 0.267. The zero-order valence-electron chi connectivity index (χ0n) is 14.3. The molecule has 3 rings (SSSR count). The van der Waals surface area contributed by atoms with Crippen molar-refractivity contribution >= 4 is 22.8 Å². The summed E-state index contributed by atoms with van der Waals surface area (Å²) in [5.74, 6) is 0.839. The fraction of sp³-hybridized carbons (Fsp3) is 0.412. The van der Waals surface area contributed by atoms with Crippen molar-refractivity contribution in [1.29, 1.82) is 0 Å². The van der Waals surface area contributed by atoms with Crippen LogP contribution < -0.4 is 11.1 Å². The highest BCUT2D eigenvalue weighted by Crippen LogP contribution is 2.24. The molecule has 0 amide bonds. The number of nitrogens with zero attached hydrogens (tertiary/aromatic N) is 5. The third kappa shape index (κ3) is 4.03. The van der Waals surface area contributed by atoms with Crippen LogP contribution in [0.5, 0.6) is 0 Å². The highest BCUT2D eigenvalue weighted by Gasteiger charge is 2.15. The van der Waals surface area contributed by atoms with Crippen LogP contribution in [0.25, 0.3) is 11.0 Å². The Morgan fingerprint density at radius 1 is 1.32 bits per heavy atom. The molecule has 132 valence electrons. The van der Waals surface area contributed by atoms with Gasteiger partial charge in [-0.3, -0.25) is 0 Å². The van der Waals surface area contributed by atoms with Crippen molar-refractivity contribution < 1.29 is 5.11 Å². The van der Waals surface area contributed by atoms with Crippen molar-refractivity contribution in [2.45, 2.75) is 38.8 Å². The molecule has 8 heteroatoms. The van der Waals surface area contributed by atoms with E-state index in [4.69, 9.17) is 5.73 Å². The minimum absolute atomic E-state index is 0.0380. The number of aromatic nitrogens is 5. The molecular formula is C17H23N7O. The molecule has 0 aliphatic heterocycles. The van der Waals surface area contributed by atoms with E-state index in [1.54, 1.807) is 6.20 Å². The monoisotopic (exact) mass is 341 g/mol. The average molecular weight is 341 g/mol. The fourth-order valence-corrected chi connectivity index (χ4v) is 2.80. The van der Waals surface area contributed by atoms with Gasteiger partial charge in [0.2, 0.25) is 5.95 Å². The molecule has 0 saturated heterocycles. The second-order valence-electron chi connectivity index (χ2n) is 5.99. The van der Waals surface area contributed by atoms with Crippen molar-refractivity contribution in [3.05, 3.63) is 36.3 Å². The van der Waals surface area contributed by atoms with Crippen LogP contribution in [0.15, 0.2) is 30.6 Å². The summed E-state index contributed by atoms with van der Waals surface area (Å²) in [6.07, 6.45) is 6.54. The maximum absolute atomic E-state index is 9.65. The van der Waals surface area contributed by atoms with Gasteiger partial charge in [0.25, 0.3) is 0 Å². The molecule has 1 unspecified atom stereocenters. The molecule has 3 aromatic rings. The van der Waals surface area contributed by atoms with Crippen molar-refractivity contribution in [1.82, 2.24) is 24.7 Å². The number of anilines is 2. The summed E-state index contributed by atoms with van der Waals surface area (Å²) in [5.41, 5.74) is 8.29. The van der Waals surface area contributed by atoms with Crippen LogP contribution in [0.3, 0.4) is 0 Å². The van der Waals surface area contributed by atoms with E-state index >= 15 is 0 Å². The quantitative estimate of drug-likeness (QED) is 0.572. The molecule has 0 aromatic carbocycles. The van der Waals surface area contributed by atoms with Crippen LogP contribution in [0.4, 0.5) is 11.8 Å². The first-order chi connectivity index (χ1) is 12.2. The standard InChI is InChI=1S/C17H23N7O/c1-2-3-5-13(11-25)20-16-15-14(21-17(18)22-16)7-9-24(15)10-12-6-4-8-19-23-12/h4,6-9,13,25H,2-3,5,10-11H2,1H3,(H3,18,20,21,22). The molecule has 25 heavy (non-hydrogen) atoms. The lowest BCUT2D eigenvalue weighted by atomic mass is 10.1. The van der Waals surface area contributed by atoms with Crippen LogP contribution in [0.2, 0.25) is 0 Å². The van der Waals surface area contributed by atoms with Gasteiger partial charge in [-0.1, -0.05) is 19.8 Å². The van der Waals surface area contributed by atoms with Crippen LogP contribution in [0, 0.1) is 0 Å². The summed E-state index contributed by atoms with van der Waals surface area (Å²) in [7, 11) is 0. The number of rotatable bonds is 8. The highest BCUT2D eigenvalue weighted by atomic mass is 16.3. The molecule has 1 atom stereocenters. The van der Waals surface area contributed by atoms with Gasteiger partial charge in [-0.15, -0.1) is 0 Å². The Bertz CT molecular complexity index is 818. The SMILES string of the molecule is CCCCC(CO)Nc1nc(N)nc2ccn(Cc3cccnn3)c12. The Labute approximate surface area is 146 Å². The van der Waals surface area contributed by atoms with E-state index in [-0.39, 0.29) is 18.6 Å². The molecule has 0 aliphatic rings. The van der Waals surface area contributed by atoms with Crippen molar-refractivity contribution in [2.75, 3.05) is 17.7 Å². The molecule has 0 aliphatic carbocycles. The summed E-state index contributed by atoms with van der Waals surface area (Å²) < 4.78 is 2.01. The number of hydrogen-bond donors (Lipinski definition) is 3. The van der Waals surface area contributed by atoms with Gasteiger partial charge in [0.05, 0.1) is 30.4 Å². The smallest absolute Gasteiger partial charge is 0.222 e. The lowest BCUT2D eigenvalue weighted by Crippen LogP contribution is -2.25. The van der Waals surface area contributed by atoms with E-state index < -0.39 is 0 Å². The Morgan fingerprint density at radius 2 is 2.20 bits per heavy atom. The van der Waals surface area contributed by atoms with Gasteiger partial charge in [0.15, 0.2) is 5.82 Å². The van der Waals surface area contributed by atoms with Gasteiger partial charge in [-0.2, -0.15) is 15.2 Å². The van der Waals surface area contributed by atoms with Crippen LogP contribution in [0.1, 0.15) is 31.9 Å². The van der Waals surface area contributed by atoms with Gasteiger partial charge >= 0.3 is 0 Å². The first kappa shape index (κ1) is 17.1. The zero-order chi connectivity index (χ0) is 17.6. The Hall–Kier alpha value is -2.74. The Kier molecular flexibility index (Phi) is 5.39. The van der Waals surface area contributed by atoms with E-state index in [1.807, 2.05) is 29.0 Å². The molecule has 3 heterocycles. The molecule has 3 aromatic heterocycles. The molecular weight excluding hydrogens is 318 g/mol. The number of nitrogens with one attached hydrogen (secondary N) is 1. The highest BCUT2D eigenvalue weighted by molar-refractivity contribution is 5.87. The average Bonchev–Trinajstić information content (AvgIpc) is 3.02. The second kappa shape index (κ2) is 7.89. The maximum atomic E-state index is 9.65. The Balaban J connectivity index is 1.94. The van der Waals surface area contributed by atoms with E-state index in [0.29, 0.717) is 12.4 Å². The van der Waals surface area contributed by atoms with Gasteiger partial charge in [-0.25, -0.2) is 4.98 Å². The normalized spacial score (nSPS) is 12.4. The van der Waals surface area contributed by atoms with Gasteiger partial charge < -0.3 is 20.7 Å². The number of nitrogen functional groups attached to an aromatic ring is 1. The van der Waals surface area contributed by atoms with E-state index in [1.165, 1.54) is 0 Å². The lowest BCUT2D eigenvalue weighted by Gasteiger charge is -2.18. The first-order valence-electron chi connectivity index (χ1n) is 8.47. The summed E-state index contributed by atoms with van der Waals surface area (Å²) in [6.45, 7) is 2.72. The summed E-state index contributed by atoms with van der Waals surface area (Å²) in [5, 5.41) is 21.0. The zero-order valence-corrected chi connectivity index (χ0v) is 14.3. The largest absolute Gasteiger partial charge is 0.394 e. The van der Waals surface area contributed by atoms with Crippen molar-refractivity contribution in [3.63, 3.8) is 0 Å². The minimum atomic E-state index is -0.0719. The summed E-state index contributed by atoms with van der Waals surface area (Å²) in [4.78, 5) is 8.66. The molecule has 8 nitrogen and oxygen atoms in total. The number of aliphatic hydroxyl groups is 1.